The van der Waals surface area contributed by atoms with Crippen LogP contribution in [0.5, 0.6) is 0 Å². The fraction of sp³-hybridized carbons (Fsp3) is 0.133. The molecule has 0 bridgehead atoms. The van der Waals surface area contributed by atoms with Gasteiger partial charge in [-0.05, 0) is 41.5 Å². The maximum absolute atomic E-state index is 11.2. The molecule has 1 aliphatic rings. The van der Waals surface area contributed by atoms with Crippen molar-refractivity contribution >= 4 is 35.8 Å². The lowest BCUT2D eigenvalue weighted by Crippen LogP contribution is -2.31. The van der Waals surface area contributed by atoms with Crippen molar-refractivity contribution in [3.05, 3.63) is 119 Å². The molecule has 0 saturated carbocycles. The number of carbonyl (C=O) groups is 1. The molecule has 174 valence electrons. The minimum atomic E-state index is -0.378. The summed E-state index contributed by atoms with van der Waals surface area (Å²) in [4.78, 5) is 13.3. The van der Waals surface area contributed by atoms with Crippen LogP contribution in [-0.2, 0) is 16.6 Å². The number of rotatable bonds is 7. The second-order valence-corrected chi connectivity index (χ2v) is 8.91. The molecule has 5 nitrogen and oxygen atoms in total. The summed E-state index contributed by atoms with van der Waals surface area (Å²) in [6.07, 6.45) is 9.15. The number of nitrogens with zero attached hydrogens (tertiary/aromatic N) is 3. The summed E-state index contributed by atoms with van der Waals surface area (Å²) in [5.41, 5.74) is 6.23. The lowest BCUT2D eigenvalue weighted by atomic mass is 9.68. The Bertz CT molecular complexity index is 1390. The van der Waals surface area contributed by atoms with E-state index >= 15 is 0 Å². The predicted octanol–water partition coefficient (Wildman–Crippen LogP) is 5.92. The standard InChI is InChI=1S/C30H28N4O/c1-33(2)26-16-9-13-24(21-26)30(23-11-5-3-6-12-23)18-17-27-28(22-30)34(19-10-20-35)32-29(27)31-25-14-7-4-8-15-25/h3-21H,22H2,1-2H3,(H,31,32). The van der Waals surface area contributed by atoms with Crippen molar-refractivity contribution in [1.29, 1.82) is 0 Å². The first-order valence-corrected chi connectivity index (χ1v) is 11.7. The van der Waals surface area contributed by atoms with Gasteiger partial charge in [-0.25, -0.2) is 4.68 Å². The number of aromatic nitrogens is 2. The van der Waals surface area contributed by atoms with Crippen LogP contribution in [0.2, 0.25) is 0 Å². The molecule has 1 aliphatic carbocycles. The highest BCUT2D eigenvalue weighted by atomic mass is 16.1. The molecule has 4 aromatic rings. The van der Waals surface area contributed by atoms with Crippen molar-refractivity contribution in [2.45, 2.75) is 11.8 Å². The number of fused-ring (bicyclic) bond motifs is 1. The number of benzene rings is 3. The smallest absolute Gasteiger partial charge is 0.160 e. The van der Waals surface area contributed by atoms with Crippen LogP contribution >= 0.6 is 0 Å². The van der Waals surface area contributed by atoms with Crippen LogP contribution in [0, 0.1) is 0 Å². The molecule has 35 heavy (non-hydrogen) atoms. The highest BCUT2D eigenvalue weighted by Crippen LogP contribution is 2.44. The molecule has 1 heterocycles. The lowest BCUT2D eigenvalue weighted by molar-refractivity contribution is -0.104. The first kappa shape index (κ1) is 22.4. The first-order valence-electron chi connectivity index (χ1n) is 11.7. The predicted molar refractivity (Wildman–Crippen MR) is 144 cm³/mol. The summed E-state index contributed by atoms with van der Waals surface area (Å²) >= 11 is 0. The fourth-order valence-electron chi connectivity index (χ4n) is 4.73. The van der Waals surface area contributed by atoms with Crippen LogP contribution in [0.25, 0.3) is 12.3 Å². The Morgan fingerprint density at radius 2 is 1.66 bits per heavy atom. The number of para-hydroxylation sites is 1. The van der Waals surface area contributed by atoms with E-state index in [0.717, 1.165) is 34.7 Å². The van der Waals surface area contributed by atoms with Crippen LogP contribution in [0.15, 0.2) is 97.1 Å². The van der Waals surface area contributed by atoms with Crippen molar-refractivity contribution in [3.8, 4) is 0 Å². The number of allylic oxidation sites excluding steroid dienone is 2. The van der Waals surface area contributed by atoms with E-state index in [9.17, 15) is 4.79 Å². The molecule has 0 fully saturated rings. The fourth-order valence-corrected chi connectivity index (χ4v) is 4.73. The summed E-state index contributed by atoms with van der Waals surface area (Å²) in [6.45, 7) is 0. The van der Waals surface area contributed by atoms with Gasteiger partial charge in [0.2, 0.25) is 0 Å². The Labute approximate surface area is 206 Å². The molecule has 0 saturated heterocycles. The summed E-state index contributed by atoms with van der Waals surface area (Å²) in [7, 11) is 4.12. The molecule has 1 N–H and O–H groups in total. The molecule has 0 spiro atoms. The van der Waals surface area contributed by atoms with Crippen molar-refractivity contribution in [3.63, 3.8) is 0 Å². The molecule has 1 aromatic heterocycles. The average Bonchev–Trinajstić information content (AvgIpc) is 3.24. The summed E-state index contributed by atoms with van der Waals surface area (Å²) < 4.78 is 1.83. The monoisotopic (exact) mass is 460 g/mol. The number of hydrogen-bond acceptors (Lipinski definition) is 4. The molecular formula is C30H28N4O. The minimum absolute atomic E-state index is 0.378. The van der Waals surface area contributed by atoms with E-state index in [1.54, 1.807) is 6.20 Å². The van der Waals surface area contributed by atoms with Crippen LogP contribution in [0.1, 0.15) is 22.4 Å². The zero-order chi connectivity index (χ0) is 24.3. The molecule has 1 unspecified atom stereocenters. The van der Waals surface area contributed by atoms with E-state index in [2.05, 4.69) is 85.0 Å². The van der Waals surface area contributed by atoms with E-state index in [4.69, 9.17) is 5.10 Å². The third-order valence-corrected chi connectivity index (χ3v) is 6.54. The number of anilines is 3. The van der Waals surface area contributed by atoms with Gasteiger partial charge in [0.05, 0.1) is 5.69 Å². The van der Waals surface area contributed by atoms with E-state index in [-0.39, 0.29) is 5.41 Å². The Hall–Kier alpha value is -4.38. The number of hydrogen-bond donors (Lipinski definition) is 1. The quantitative estimate of drug-likeness (QED) is 0.275. The van der Waals surface area contributed by atoms with E-state index in [0.29, 0.717) is 6.42 Å². The van der Waals surface area contributed by atoms with E-state index in [1.165, 1.54) is 17.2 Å². The lowest BCUT2D eigenvalue weighted by Gasteiger charge is -2.35. The molecular weight excluding hydrogens is 432 g/mol. The van der Waals surface area contributed by atoms with Gasteiger partial charge in [0.1, 0.15) is 6.29 Å². The van der Waals surface area contributed by atoms with E-state index in [1.807, 2.05) is 41.1 Å². The number of carbonyl (C=O) groups excluding carboxylic acids is 1. The summed E-state index contributed by atoms with van der Waals surface area (Å²) in [6, 6.07) is 29.3. The molecule has 0 aliphatic heterocycles. The van der Waals surface area contributed by atoms with Gasteiger partial charge >= 0.3 is 0 Å². The largest absolute Gasteiger partial charge is 0.378 e. The Kier molecular flexibility index (Phi) is 6.06. The van der Waals surface area contributed by atoms with Gasteiger partial charge in [-0.3, -0.25) is 4.79 Å². The normalized spacial score (nSPS) is 16.7. The second-order valence-electron chi connectivity index (χ2n) is 8.91. The topological polar surface area (TPSA) is 50.2 Å². The Balaban J connectivity index is 1.67. The van der Waals surface area contributed by atoms with Crippen molar-refractivity contribution in [2.24, 2.45) is 0 Å². The molecule has 5 heteroatoms. The Morgan fingerprint density at radius 1 is 0.943 bits per heavy atom. The molecule has 0 radical (unpaired) electrons. The third-order valence-electron chi connectivity index (χ3n) is 6.54. The Morgan fingerprint density at radius 3 is 2.37 bits per heavy atom. The molecule has 3 aromatic carbocycles. The van der Waals surface area contributed by atoms with Crippen LogP contribution in [0.4, 0.5) is 17.2 Å². The molecule has 5 rings (SSSR count). The van der Waals surface area contributed by atoms with Crippen LogP contribution in [-0.4, -0.2) is 30.2 Å². The number of aldehydes is 1. The van der Waals surface area contributed by atoms with Gasteiger partial charge < -0.3 is 10.2 Å². The SMILES string of the molecule is CN(C)c1cccc(C2(c3ccccc3)C=Cc3c(Nc4ccccc4)nn(C=CC=O)c3C2)c1. The minimum Gasteiger partial charge on any atom is -0.378 e. The van der Waals surface area contributed by atoms with E-state index < -0.39 is 0 Å². The molecule has 1 atom stereocenters. The second kappa shape index (κ2) is 9.47. The van der Waals surface area contributed by atoms with Gasteiger partial charge in [0.15, 0.2) is 5.82 Å². The maximum atomic E-state index is 11.2. The zero-order valence-corrected chi connectivity index (χ0v) is 19.9. The average molecular weight is 461 g/mol. The van der Waals surface area contributed by atoms with Crippen molar-refractivity contribution in [2.75, 3.05) is 24.3 Å². The van der Waals surface area contributed by atoms with Crippen molar-refractivity contribution in [1.82, 2.24) is 9.78 Å². The van der Waals surface area contributed by atoms with Gasteiger partial charge in [0.25, 0.3) is 0 Å². The summed E-state index contributed by atoms with van der Waals surface area (Å²) in [5.74, 6) is 0.765. The van der Waals surface area contributed by atoms with Crippen LogP contribution < -0.4 is 10.2 Å². The van der Waals surface area contributed by atoms with Crippen molar-refractivity contribution < 1.29 is 4.79 Å². The molecule has 0 amide bonds. The van der Waals surface area contributed by atoms with Gasteiger partial charge in [0, 0.05) is 49.1 Å². The number of nitrogens with one attached hydrogen (secondary N) is 1. The third kappa shape index (κ3) is 4.28. The van der Waals surface area contributed by atoms with Crippen LogP contribution in [0.3, 0.4) is 0 Å². The highest BCUT2D eigenvalue weighted by Gasteiger charge is 2.37. The van der Waals surface area contributed by atoms with Gasteiger partial charge in [-0.1, -0.05) is 72.8 Å². The van der Waals surface area contributed by atoms with Gasteiger partial charge in [-0.2, -0.15) is 0 Å². The van der Waals surface area contributed by atoms with Gasteiger partial charge in [-0.15, -0.1) is 5.10 Å². The zero-order valence-electron chi connectivity index (χ0n) is 19.9. The summed E-state index contributed by atoms with van der Waals surface area (Å²) in [5, 5.41) is 8.27. The first-order chi connectivity index (χ1) is 17.1. The highest BCUT2D eigenvalue weighted by molar-refractivity contribution is 5.76. The maximum Gasteiger partial charge on any atom is 0.160 e.